The zero-order chi connectivity index (χ0) is 13.7. The molecule has 0 fully saturated rings. The number of Topliss-reactive ketones (excluding diaryl/α,β-unsaturated/α-hetero) is 1. The monoisotopic (exact) mass is 255 g/mol. The third-order valence-electron chi connectivity index (χ3n) is 3.16. The number of aromatic nitrogens is 1. The lowest BCUT2D eigenvalue weighted by molar-refractivity contribution is -0.118. The number of carbonyl (C=O) groups excluding carboxylic acids is 1. The number of nitrogens with zero attached hydrogens (tertiary/aromatic N) is 2. The molecule has 0 aliphatic carbocycles. The number of carbonyl (C=O) groups is 1. The minimum atomic E-state index is -0.0241. The topological polar surface area (TPSA) is 59.9 Å². The van der Waals surface area contributed by atoms with Crippen LogP contribution in [0.15, 0.2) is 30.5 Å². The maximum absolute atomic E-state index is 11.4. The van der Waals surface area contributed by atoms with Gasteiger partial charge in [0.1, 0.15) is 0 Å². The molecule has 0 saturated heterocycles. The molecule has 0 aliphatic rings. The number of ketones is 1. The molecule has 0 radical (unpaired) electrons. The molecular weight excluding hydrogens is 238 g/mol. The molecule has 0 atom stereocenters. The van der Waals surface area contributed by atoms with E-state index in [0.717, 1.165) is 18.5 Å². The first-order valence-electron chi connectivity index (χ1n) is 6.33. The summed E-state index contributed by atoms with van der Waals surface area (Å²) < 4.78 is 0. The third kappa shape index (κ3) is 3.43. The van der Waals surface area contributed by atoms with Crippen LogP contribution < -0.4 is 0 Å². The quantitative estimate of drug-likeness (QED) is 0.860. The number of hydrogen-bond acceptors (Lipinski definition) is 3. The number of benzene rings is 1. The van der Waals surface area contributed by atoms with Crippen LogP contribution in [0.1, 0.15) is 12.0 Å². The van der Waals surface area contributed by atoms with Crippen molar-refractivity contribution in [1.29, 1.82) is 5.26 Å². The molecule has 1 aromatic heterocycles. The zero-order valence-corrected chi connectivity index (χ0v) is 11.0. The van der Waals surface area contributed by atoms with Gasteiger partial charge in [-0.25, -0.2) is 0 Å². The molecule has 1 heterocycles. The van der Waals surface area contributed by atoms with Gasteiger partial charge in [-0.1, -0.05) is 18.2 Å². The summed E-state index contributed by atoms with van der Waals surface area (Å²) in [6.45, 7) is 1.15. The normalized spacial score (nSPS) is 10.8. The molecule has 0 spiro atoms. The Labute approximate surface area is 112 Å². The van der Waals surface area contributed by atoms with E-state index < -0.39 is 0 Å². The molecule has 2 aromatic rings. The van der Waals surface area contributed by atoms with Crippen LogP contribution in [-0.4, -0.2) is 35.8 Å². The van der Waals surface area contributed by atoms with Gasteiger partial charge in [-0.05, 0) is 25.1 Å². The highest BCUT2D eigenvalue weighted by molar-refractivity contribution is 5.83. The maximum atomic E-state index is 11.4. The molecule has 4 nitrogen and oxygen atoms in total. The summed E-state index contributed by atoms with van der Waals surface area (Å²) in [6, 6.07) is 10.1. The van der Waals surface area contributed by atoms with Crippen LogP contribution in [-0.2, 0) is 11.2 Å². The molecule has 1 aromatic carbocycles. The van der Waals surface area contributed by atoms with E-state index in [1.54, 1.807) is 0 Å². The molecule has 19 heavy (non-hydrogen) atoms. The van der Waals surface area contributed by atoms with Crippen LogP contribution in [0.2, 0.25) is 0 Å². The van der Waals surface area contributed by atoms with Gasteiger partial charge in [-0.15, -0.1) is 0 Å². The summed E-state index contributed by atoms with van der Waals surface area (Å²) in [7, 11) is 1.91. The average Bonchev–Trinajstić information content (AvgIpc) is 2.80. The molecule has 4 heteroatoms. The van der Waals surface area contributed by atoms with Gasteiger partial charge in [-0.2, -0.15) is 5.26 Å². The molecule has 0 aliphatic heterocycles. The first-order valence-corrected chi connectivity index (χ1v) is 6.33. The first-order chi connectivity index (χ1) is 9.20. The highest BCUT2D eigenvalue weighted by atomic mass is 16.1. The standard InChI is InChI=1S/C15H17N3O/c1-18(11-13(19)6-8-16)9-7-12-10-17-15-5-3-2-4-14(12)15/h2-5,10,17H,6-7,9,11H2,1H3. The summed E-state index contributed by atoms with van der Waals surface area (Å²) >= 11 is 0. The van der Waals surface area contributed by atoms with E-state index in [1.165, 1.54) is 10.9 Å². The van der Waals surface area contributed by atoms with Crippen LogP contribution in [0.5, 0.6) is 0 Å². The highest BCUT2D eigenvalue weighted by Gasteiger charge is 2.08. The van der Waals surface area contributed by atoms with Crippen molar-refractivity contribution in [3.63, 3.8) is 0 Å². The van der Waals surface area contributed by atoms with Gasteiger partial charge in [0.15, 0.2) is 5.78 Å². The fourth-order valence-corrected chi connectivity index (χ4v) is 2.17. The van der Waals surface area contributed by atoms with Crippen molar-refractivity contribution < 1.29 is 4.79 Å². The smallest absolute Gasteiger partial charge is 0.160 e. The third-order valence-corrected chi connectivity index (χ3v) is 3.16. The summed E-state index contributed by atoms with van der Waals surface area (Å²) in [4.78, 5) is 16.6. The Balaban J connectivity index is 1.92. The molecule has 1 N–H and O–H groups in total. The van der Waals surface area contributed by atoms with Crippen LogP contribution in [0.4, 0.5) is 0 Å². The number of aromatic amines is 1. The molecule has 0 bridgehead atoms. The lowest BCUT2D eigenvalue weighted by atomic mass is 10.1. The van der Waals surface area contributed by atoms with Crippen LogP contribution in [0.25, 0.3) is 10.9 Å². The van der Waals surface area contributed by atoms with Crippen LogP contribution >= 0.6 is 0 Å². The fraction of sp³-hybridized carbons (Fsp3) is 0.333. The number of likely N-dealkylation sites (N-methyl/N-ethyl adjacent to an activating group) is 1. The number of nitriles is 1. The van der Waals surface area contributed by atoms with Crippen LogP contribution in [0, 0.1) is 11.3 Å². The summed E-state index contributed by atoms with van der Waals surface area (Å²) in [5.41, 5.74) is 2.40. The van der Waals surface area contributed by atoms with E-state index >= 15 is 0 Å². The number of fused-ring (bicyclic) bond motifs is 1. The lowest BCUT2D eigenvalue weighted by Gasteiger charge is -2.14. The second kappa shape index (κ2) is 6.17. The van der Waals surface area contributed by atoms with Gasteiger partial charge in [0, 0.05) is 23.6 Å². The van der Waals surface area contributed by atoms with Gasteiger partial charge >= 0.3 is 0 Å². The Morgan fingerprint density at radius 1 is 1.42 bits per heavy atom. The molecule has 2 rings (SSSR count). The van der Waals surface area contributed by atoms with E-state index in [0.29, 0.717) is 6.54 Å². The predicted molar refractivity (Wildman–Crippen MR) is 74.7 cm³/mol. The number of rotatable bonds is 6. The van der Waals surface area contributed by atoms with Crippen molar-refractivity contribution in [2.45, 2.75) is 12.8 Å². The Morgan fingerprint density at radius 3 is 3.00 bits per heavy atom. The number of hydrogen-bond donors (Lipinski definition) is 1. The van der Waals surface area contributed by atoms with E-state index in [1.807, 2.05) is 36.3 Å². The van der Waals surface area contributed by atoms with Gasteiger partial charge in [0.2, 0.25) is 0 Å². The summed E-state index contributed by atoms with van der Waals surface area (Å²) in [5.74, 6) is -0.0241. The van der Waals surface area contributed by atoms with Gasteiger partial charge in [0.05, 0.1) is 19.0 Å². The maximum Gasteiger partial charge on any atom is 0.160 e. The minimum Gasteiger partial charge on any atom is -0.361 e. The number of para-hydroxylation sites is 1. The van der Waals surface area contributed by atoms with Gasteiger partial charge < -0.3 is 4.98 Å². The van der Waals surface area contributed by atoms with Crippen molar-refractivity contribution in [2.75, 3.05) is 20.1 Å². The Kier molecular flexibility index (Phi) is 4.32. The van der Waals surface area contributed by atoms with E-state index in [9.17, 15) is 4.79 Å². The molecular formula is C15H17N3O. The van der Waals surface area contributed by atoms with Crippen molar-refractivity contribution >= 4 is 16.7 Å². The zero-order valence-electron chi connectivity index (χ0n) is 11.0. The Bertz CT molecular complexity index is 609. The van der Waals surface area contributed by atoms with E-state index in [-0.39, 0.29) is 12.2 Å². The van der Waals surface area contributed by atoms with Gasteiger partial charge in [-0.3, -0.25) is 9.69 Å². The average molecular weight is 255 g/mol. The van der Waals surface area contributed by atoms with Crippen LogP contribution in [0.3, 0.4) is 0 Å². The Hall–Kier alpha value is -2.12. The van der Waals surface area contributed by atoms with Gasteiger partial charge in [0.25, 0.3) is 0 Å². The number of H-pyrrole nitrogens is 1. The van der Waals surface area contributed by atoms with Crippen molar-refractivity contribution in [3.8, 4) is 6.07 Å². The minimum absolute atomic E-state index is 0.00255. The second-order valence-corrected chi connectivity index (χ2v) is 4.72. The van der Waals surface area contributed by atoms with Crippen molar-refractivity contribution in [2.24, 2.45) is 0 Å². The van der Waals surface area contributed by atoms with E-state index in [2.05, 4.69) is 17.1 Å². The Morgan fingerprint density at radius 2 is 2.21 bits per heavy atom. The van der Waals surface area contributed by atoms with Crippen molar-refractivity contribution in [3.05, 3.63) is 36.0 Å². The predicted octanol–water partition coefficient (Wildman–Crippen LogP) is 2.12. The molecule has 0 saturated carbocycles. The molecule has 0 amide bonds. The fourth-order valence-electron chi connectivity index (χ4n) is 2.17. The summed E-state index contributed by atoms with van der Waals surface area (Å²) in [5, 5.41) is 9.69. The first kappa shape index (κ1) is 13.3. The van der Waals surface area contributed by atoms with Crippen molar-refractivity contribution in [1.82, 2.24) is 9.88 Å². The van der Waals surface area contributed by atoms with E-state index in [4.69, 9.17) is 5.26 Å². The SMILES string of the molecule is CN(CCc1c[nH]c2ccccc12)CC(=O)CC#N. The molecule has 98 valence electrons. The number of nitrogens with one attached hydrogen (secondary N) is 1. The molecule has 0 unspecified atom stereocenters. The lowest BCUT2D eigenvalue weighted by Crippen LogP contribution is -2.27. The summed E-state index contributed by atoms with van der Waals surface area (Å²) in [6.07, 6.45) is 2.91. The largest absolute Gasteiger partial charge is 0.361 e. The highest BCUT2D eigenvalue weighted by Crippen LogP contribution is 2.18. The second-order valence-electron chi connectivity index (χ2n) is 4.72.